The number of halogens is 5. The summed E-state index contributed by atoms with van der Waals surface area (Å²) < 4.78 is 0.290. The van der Waals surface area contributed by atoms with Crippen LogP contribution < -0.4 is 0 Å². The number of carboxylic acids is 1. The number of aliphatic carboxylic acids is 1. The number of rotatable bonds is 2. The van der Waals surface area contributed by atoms with Crippen molar-refractivity contribution in [2.24, 2.45) is 0 Å². The highest BCUT2D eigenvalue weighted by atomic mass is 80.0. The largest absolute Gasteiger partial charge is 0.478 e. The van der Waals surface area contributed by atoms with E-state index in [9.17, 15) is 9.90 Å². The molecule has 1 N–H and O–H groups in total. The van der Waals surface area contributed by atoms with Crippen LogP contribution in [0.5, 0.6) is 0 Å². The van der Waals surface area contributed by atoms with Crippen molar-refractivity contribution >= 4 is 90.1 Å². The smallest absolute Gasteiger partial charge is 0.335 e. The van der Waals surface area contributed by atoms with E-state index in [1.807, 2.05) is 24.3 Å². The fraction of sp³-hybridized carbons (Fsp3) is 0.100. The molecule has 1 aromatic rings. The third-order valence-corrected chi connectivity index (χ3v) is 4.53. The van der Waals surface area contributed by atoms with Crippen LogP contribution in [-0.2, 0) is 4.79 Å². The van der Waals surface area contributed by atoms with E-state index in [0.717, 1.165) is 10.0 Å². The predicted molar refractivity (Wildman–Crippen MR) is 87.1 cm³/mol. The third kappa shape index (κ3) is 4.16. The summed E-state index contributed by atoms with van der Waals surface area (Å²) in [7, 11) is 0. The molecular weight excluding hydrogens is 552 g/mol. The maximum absolute atomic E-state index is 11.3. The van der Waals surface area contributed by atoms with E-state index in [4.69, 9.17) is 0 Å². The summed E-state index contributed by atoms with van der Waals surface area (Å²) in [5.41, 5.74) is 0.872. The molecular formula is C10H5Br5O2. The van der Waals surface area contributed by atoms with E-state index < -0.39 is 8.11 Å². The van der Waals surface area contributed by atoms with Crippen molar-refractivity contribution < 1.29 is 9.90 Å². The van der Waals surface area contributed by atoms with Crippen LogP contribution >= 0.6 is 79.6 Å². The number of carboxylic acid groups (broad SMARTS) is 1. The summed E-state index contributed by atoms with van der Waals surface area (Å²) in [4.78, 5) is 11.3. The lowest BCUT2D eigenvalue weighted by Gasteiger charge is -2.16. The van der Waals surface area contributed by atoms with Gasteiger partial charge in [0, 0.05) is 14.5 Å². The minimum atomic E-state index is -1.04. The first-order chi connectivity index (χ1) is 7.75. The molecule has 1 aromatic carbocycles. The lowest BCUT2D eigenvalue weighted by atomic mass is 10.1. The Balaban J connectivity index is 3.46. The topological polar surface area (TPSA) is 37.3 Å². The van der Waals surface area contributed by atoms with Crippen LogP contribution in [-0.4, -0.2) is 13.2 Å². The molecule has 0 atom stereocenters. The van der Waals surface area contributed by atoms with Gasteiger partial charge < -0.3 is 5.11 Å². The summed E-state index contributed by atoms with van der Waals surface area (Å²) in [6.07, 6.45) is 0. The standard InChI is InChI=1S/C10H5Br5O2/c11-6-4-2-1-3-5(6)8(12)7(9(16)17)10(13,14)15/h1-4H,(H,16,17)/b8-7+. The number of benzene rings is 1. The highest BCUT2D eigenvalue weighted by molar-refractivity contribution is 9.39. The van der Waals surface area contributed by atoms with Crippen LogP contribution in [0.3, 0.4) is 0 Å². The maximum atomic E-state index is 11.3. The monoisotopic (exact) mass is 552 g/mol. The van der Waals surface area contributed by atoms with Crippen molar-refractivity contribution in [1.82, 2.24) is 0 Å². The van der Waals surface area contributed by atoms with Gasteiger partial charge >= 0.3 is 5.97 Å². The second-order valence-corrected chi connectivity index (χ2v) is 11.4. The molecule has 0 aliphatic rings. The highest BCUT2D eigenvalue weighted by Crippen LogP contribution is 2.46. The quantitative estimate of drug-likeness (QED) is 0.387. The zero-order chi connectivity index (χ0) is 13.2. The van der Waals surface area contributed by atoms with Crippen molar-refractivity contribution in [2.75, 3.05) is 0 Å². The van der Waals surface area contributed by atoms with Gasteiger partial charge in [-0.3, -0.25) is 0 Å². The molecule has 0 unspecified atom stereocenters. The third-order valence-electron chi connectivity index (χ3n) is 1.83. The molecule has 0 aliphatic carbocycles. The van der Waals surface area contributed by atoms with Gasteiger partial charge in [0.05, 0.1) is 5.57 Å². The fourth-order valence-electron chi connectivity index (χ4n) is 1.11. The van der Waals surface area contributed by atoms with E-state index in [1.165, 1.54) is 0 Å². The van der Waals surface area contributed by atoms with Crippen molar-refractivity contribution in [3.05, 3.63) is 39.9 Å². The van der Waals surface area contributed by atoms with Crippen molar-refractivity contribution in [3.8, 4) is 0 Å². The molecule has 0 radical (unpaired) electrons. The van der Waals surface area contributed by atoms with Crippen molar-refractivity contribution in [1.29, 1.82) is 0 Å². The van der Waals surface area contributed by atoms with Gasteiger partial charge in [0.25, 0.3) is 0 Å². The first-order valence-corrected chi connectivity index (χ1v) is 8.16. The summed E-state index contributed by atoms with van der Waals surface area (Å²) in [6, 6.07) is 7.35. The molecule has 0 spiro atoms. The second-order valence-electron chi connectivity index (χ2n) is 2.97. The number of hydrogen-bond acceptors (Lipinski definition) is 1. The van der Waals surface area contributed by atoms with Crippen LogP contribution in [0.25, 0.3) is 4.48 Å². The number of alkyl halides is 3. The second kappa shape index (κ2) is 6.32. The van der Waals surface area contributed by atoms with E-state index in [0.29, 0.717) is 4.48 Å². The van der Waals surface area contributed by atoms with Gasteiger partial charge in [0.1, 0.15) is 0 Å². The molecule has 0 heterocycles. The van der Waals surface area contributed by atoms with Crippen molar-refractivity contribution in [2.45, 2.75) is 2.14 Å². The Labute approximate surface area is 140 Å². The van der Waals surface area contributed by atoms with Crippen molar-refractivity contribution in [3.63, 3.8) is 0 Å². The molecule has 1 rings (SSSR count). The molecule has 0 amide bonds. The Hall–Kier alpha value is 0.830. The van der Waals surface area contributed by atoms with E-state index in [2.05, 4.69) is 79.6 Å². The van der Waals surface area contributed by atoms with Gasteiger partial charge in [-0.05, 0) is 22.0 Å². The highest BCUT2D eigenvalue weighted by Gasteiger charge is 2.33. The molecule has 7 heteroatoms. The first-order valence-electron chi connectivity index (χ1n) is 4.20. The normalized spacial score (nSPS) is 13.2. The van der Waals surface area contributed by atoms with Gasteiger partial charge in [-0.2, -0.15) is 0 Å². The van der Waals surface area contributed by atoms with E-state index in [-0.39, 0.29) is 5.57 Å². The molecule has 0 saturated carbocycles. The Morgan fingerprint density at radius 2 is 1.71 bits per heavy atom. The SMILES string of the molecule is O=C(O)/C(=C(\Br)c1ccccc1Br)C(Br)(Br)Br. The molecule has 0 fully saturated rings. The first kappa shape index (κ1) is 15.9. The Bertz CT molecular complexity index is 476. The Morgan fingerprint density at radius 1 is 1.18 bits per heavy atom. The molecule has 0 bridgehead atoms. The number of carbonyl (C=O) groups is 1. The summed E-state index contributed by atoms with van der Waals surface area (Å²) in [5, 5.41) is 9.24. The summed E-state index contributed by atoms with van der Waals surface area (Å²) in [6.45, 7) is 0. The van der Waals surface area contributed by atoms with Crippen LogP contribution in [0.1, 0.15) is 5.56 Å². The van der Waals surface area contributed by atoms with E-state index >= 15 is 0 Å². The summed E-state index contributed by atoms with van der Waals surface area (Å²) in [5.74, 6) is -1.04. The predicted octanol–water partition coefficient (Wildman–Crippen LogP) is 5.48. The lowest BCUT2D eigenvalue weighted by Crippen LogP contribution is -2.16. The number of hydrogen-bond donors (Lipinski definition) is 1. The van der Waals surface area contributed by atoms with Crippen LogP contribution in [0, 0.1) is 0 Å². The molecule has 92 valence electrons. The van der Waals surface area contributed by atoms with Crippen LogP contribution in [0.15, 0.2) is 34.3 Å². The average Bonchev–Trinajstić information content (AvgIpc) is 2.15. The van der Waals surface area contributed by atoms with Gasteiger partial charge in [0.2, 0.25) is 0 Å². The minimum Gasteiger partial charge on any atom is -0.478 e. The average molecular weight is 557 g/mol. The zero-order valence-corrected chi connectivity index (χ0v) is 16.0. The van der Waals surface area contributed by atoms with Gasteiger partial charge in [-0.1, -0.05) is 81.9 Å². The van der Waals surface area contributed by atoms with Gasteiger partial charge in [-0.15, -0.1) is 0 Å². The van der Waals surface area contributed by atoms with Crippen LogP contribution in [0.2, 0.25) is 0 Å². The summed E-state index contributed by atoms with van der Waals surface area (Å²) >= 11 is 16.3. The maximum Gasteiger partial charge on any atom is 0.335 e. The molecule has 0 saturated heterocycles. The minimum absolute atomic E-state index is 0.115. The Kier molecular flexibility index (Phi) is 5.91. The zero-order valence-electron chi connectivity index (χ0n) is 8.05. The molecule has 0 aliphatic heterocycles. The van der Waals surface area contributed by atoms with Gasteiger partial charge in [0.15, 0.2) is 2.14 Å². The van der Waals surface area contributed by atoms with Gasteiger partial charge in [-0.25, -0.2) is 4.79 Å². The van der Waals surface area contributed by atoms with Crippen LogP contribution in [0.4, 0.5) is 0 Å². The fourth-order valence-corrected chi connectivity index (χ4v) is 4.58. The van der Waals surface area contributed by atoms with E-state index in [1.54, 1.807) is 0 Å². The molecule has 17 heavy (non-hydrogen) atoms. The lowest BCUT2D eigenvalue weighted by molar-refractivity contribution is -0.132. The Morgan fingerprint density at radius 3 is 2.12 bits per heavy atom. The molecule has 0 aromatic heterocycles. The molecule has 2 nitrogen and oxygen atoms in total.